The maximum absolute atomic E-state index is 12.5. The number of aryl methyl sites for hydroxylation is 1. The Balaban J connectivity index is 2.32. The van der Waals surface area contributed by atoms with Crippen LogP contribution in [0.1, 0.15) is 25.0 Å². The number of halogens is 1. The van der Waals surface area contributed by atoms with E-state index in [2.05, 4.69) is 4.72 Å². The SMILES string of the molecule is Cc1ccc(S(=O)(=O)NC(C)(C)c2cccc(Cl)c2)cc1. The molecule has 0 atom stereocenters. The third kappa shape index (κ3) is 3.84. The minimum absolute atomic E-state index is 0.253. The highest BCUT2D eigenvalue weighted by Gasteiger charge is 2.28. The van der Waals surface area contributed by atoms with Crippen LogP contribution in [0, 0.1) is 6.92 Å². The molecule has 3 nitrogen and oxygen atoms in total. The summed E-state index contributed by atoms with van der Waals surface area (Å²) < 4.78 is 27.7. The van der Waals surface area contributed by atoms with Crippen LogP contribution in [0.25, 0.3) is 0 Å². The lowest BCUT2D eigenvalue weighted by Gasteiger charge is -2.26. The maximum atomic E-state index is 12.5. The standard InChI is InChI=1S/C16H18ClNO2S/c1-12-7-9-15(10-8-12)21(19,20)18-16(2,3)13-5-4-6-14(17)11-13/h4-11,18H,1-3H3. The van der Waals surface area contributed by atoms with Gasteiger partial charge in [0.05, 0.1) is 10.4 Å². The van der Waals surface area contributed by atoms with Gasteiger partial charge in [-0.1, -0.05) is 41.4 Å². The van der Waals surface area contributed by atoms with Crippen LogP contribution in [0.15, 0.2) is 53.4 Å². The summed E-state index contributed by atoms with van der Waals surface area (Å²) in [7, 11) is -3.59. The highest BCUT2D eigenvalue weighted by molar-refractivity contribution is 7.89. The molecule has 0 unspecified atom stereocenters. The lowest BCUT2D eigenvalue weighted by atomic mass is 9.96. The van der Waals surface area contributed by atoms with Gasteiger partial charge in [-0.15, -0.1) is 0 Å². The predicted molar refractivity (Wildman–Crippen MR) is 86.0 cm³/mol. The van der Waals surface area contributed by atoms with Gasteiger partial charge < -0.3 is 0 Å². The third-order valence-electron chi connectivity index (χ3n) is 3.27. The summed E-state index contributed by atoms with van der Waals surface area (Å²) in [6, 6.07) is 13.9. The Morgan fingerprint density at radius 1 is 1.05 bits per heavy atom. The molecule has 2 rings (SSSR count). The second-order valence-corrected chi connectivity index (χ2v) is 7.67. The number of benzene rings is 2. The second kappa shape index (κ2) is 5.79. The van der Waals surface area contributed by atoms with E-state index in [-0.39, 0.29) is 4.90 Å². The van der Waals surface area contributed by atoms with E-state index in [0.29, 0.717) is 5.02 Å². The fourth-order valence-electron chi connectivity index (χ4n) is 2.05. The zero-order valence-electron chi connectivity index (χ0n) is 12.2. The van der Waals surface area contributed by atoms with E-state index < -0.39 is 15.6 Å². The van der Waals surface area contributed by atoms with Gasteiger partial charge in [0.2, 0.25) is 10.0 Å². The first kappa shape index (κ1) is 16.0. The third-order valence-corrected chi connectivity index (χ3v) is 5.17. The van der Waals surface area contributed by atoms with Crippen LogP contribution in [-0.4, -0.2) is 8.42 Å². The van der Waals surface area contributed by atoms with Crippen LogP contribution in [0.4, 0.5) is 0 Å². The second-order valence-electron chi connectivity index (χ2n) is 5.55. The van der Waals surface area contributed by atoms with Crippen molar-refractivity contribution in [2.24, 2.45) is 0 Å². The lowest BCUT2D eigenvalue weighted by molar-refractivity contribution is 0.472. The van der Waals surface area contributed by atoms with E-state index in [9.17, 15) is 8.42 Å². The minimum atomic E-state index is -3.59. The van der Waals surface area contributed by atoms with E-state index in [1.165, 1.54) is 0 Å². The predicted octanol–water partition coefficient (Wildman–Crippen LogP) is 3.86. The topological polar surface area (TPSA) is 46.2 Å². The number of sulfonamides is 1. The molecule has 0 fully saturated rings. The monoisotopic (exact) mass is 323 g/mol. The molecule has 0 heterocycles. The molecule has 1 N–H and O–H groups in total. The summed E-state index contributed by atoms with van der Waals surface area (Å²) in [5.74, 6) is 0. The van der Waals surface area contributed by atoms with Crippen molar-refractivity contribution < 1.29 is 8.42 Å². The van der Waals surface area contributed by atoms with Crippen LogP contribution in [0.5, 0.6) is 0 Å². The van der Waals surface area contributed by atoms with Crippen LogP contribution in [0.2, 0.25) is 5.02 Å². The molecular formula is C16H18ClNO2S. The van der Waals surface area contributed by atoms with Gasteiger partial charge in [0.25, 0.3) is 0 Å². The molecule has 0 spiro atoms. The summed E-state index contributed by atoms with van der Waals surface area (Å²) in [5, 5.41) is 0.579. The molecule has 0 aliphatic rings. The Morgan fingerprint density at radius 3 is 2.24 bits per heavy atom. The highest BCUT2D eigenvalue weighted by Crippen LogP contribution is 2.25. The molecule has 0 bridgehead atoms. The first-order valence-corrected chi connectivity index (χ1v) is 8.43. The number of nitrogens with one attached hydrogen (secondary N) is 1. The van der Waals surface area contributed by atoms with Gasteiger partial charge in [-0.05, 0) is 50.6 Å². The molecule has 21 heavy (non-hydrogen) atoms. The average Bonchev–Trinajstić information content (AvgIpc) is 2.38. The number of hydrogen-bond acceptors (Lipinski definition) is 2. The van der Waals surface area contributed by atoms with Crippen LogP contribution in [-0.2, 0) is 15.6 Å². The average molecular weight is 324 g/mol. The Morgan fingerprint density at radius 2 is 1.67 bits per heavy atom. The van der Waals surface area contributed by atoms with Gasteiger partial charge in [-0.2, -0.15) is 0 Å². The van der Waals surface area contributed by atoms with Gasteiger partial charge in [0, 0.05) is 5.02 Å². The first-order chi connectivity index (χ1) is 9.71. The zero-order valence-corrected chi connectivity index (χ0v) is 13.8. The Kier molecular flexibility index (Phi) is 4.42. The van der Waals surface area contributed by atoms with Crippen molar-refractivity contribution >= 4 is 21.6 Å². The van der Waals surface area contributed by atoms with Gasteiger partial charge in [0.1, 0.15) is 0 Å². The molecule has 112 valence electrons. The van der Waals surface area contributed by atoms with E-state index in [1.54, 1.807) is 42.5 Å². The van der Waals surface area contributed by atoms with Gasteiger partial charge in [-0.3, -0.25) is 0 Å². The van der Waals surface area contributed by atoms with Crippen molar-refractivity contribution in [3.8, 4) is 0 Å². The van der Waals surface area contributed by atoms with Crippen molar-refractivity contribution in [1.82, 2.24) is 4.72 Å². The molecule has 0 saturated carbocycles. The van der Waals surface area contributed by atoms with Gasteiger partial charge >= 0.3 is 0 Å². The molecule has 0 aromatic heterocycles. The number of hydrogen-bond donors (Lipinski definition) is 1. The highest BCUT2D eigenvalue weighted by atomic mass is 35.5. The van der Waals surface area contributed by atoms with E-state index in [0.717, 1.165) is 11.1 Å². The normalized spacial score (nSPS) is 12.4. The summed E-state index contributed by atoms with van der Waals surface area (Å²) in [6.07, 6.45) is 0. The molecule has 2 aromatic rings. The quantitative estimate of drug-likeness (QED) is 0.928. The lowest BCUT2D eigenvalue weighted by Crippen LogP contribution is -2.40. The summed E-state index contributed by atoms with van der Waals surface area (Å²) in [6.45, 7) is 5.54. The van der Waals surface area contributed by atoms with Crippen molar-refractivity contribution in [3.05, 3.63) is 64.7 Å². The molecule has 0 amide bonds. The van der Waals surface area contributed by atoms with Crippen LogP contribution in [0.3, 0.4) is 0 Å². The summed E-state index contributed by atoms with van der Waals surface area (Å²) >= 11 is 5.98. The van der Waals surface area contributed by atoms with Gasteiger partial charge in [-0.25, -0.2) is 13.1 Å². The fourth-order valence-corrected chi connectivity index (χ4v) is 3.64. The maximum Gasteiger partial charge on any atom is 0.241 e. The molecule has 0 saturated heterocycles. The molecule has 0 aliphatic carbocycles. The number of rotatable bonds is 4. The molecule has 0 radical (unpaired) electrons. The molecule has 5 heteroatoms. The summed E-state index contributed by atoms with van der Waals surface area (Å²) in [5.41, 5.74) is 1.07. The van der Waals surface area contributed by atoms with Gasteiger partial charge in [0.15, 0.2) is 0 Å². The Bertz CT molecular complexity index is 737. The van der Waals surface area contributed by atoms with E-state index >= 15 is 0 Å². The smallest absolute Gasteiger partial charge is 0.207 e. The molecule has 0 aliphatic heterocycles. The minimum Gasteiger partial charge on any atom is -0.207 e. The van der Waals surface area contributed by atoms with Crippen molar-refractivity contribution in [2.45, 2.75) is 31.2 Å². The summed E-state index contributed by atoms with van der Waals surface area (Å²) in [4.78, 5) is 0.253. The largest absolute Gasteiger partial charge is 0.241 e. The molecule has 2 aromatic carbocycles. The van der Waals surface area contributed by atoms with Crippen molar-refractivity contribution in [3.63, 3.8) is 0 Å². The Labute approximate surface area is 131 Å². The van der Waals surface area contributed by atoms with E-state index in [1.807, 2.05) is 26.8 Å². The van der Waals surface area contributed by atoms with Crippen LogP contribution >= 0.6 is 11.6 Å². The van der Waals surface area contributed by atoms with Crippen molar-refractivity contribution in [1.29, 1.82) is 0 Å². The Hall–Kier alpha value is -1.36. The van der Waals surface area contributed by atoms with Crippen LogP contribution < -0.4 is 4.72 Å². The molecular weight excluding hydrogens is 306 g/mol. The fraction of sp³-hybridized carbons (Fsp3) is 0.250. The first-order valence-electron chi connectivity index (χ1n) is 6.57. The van der Waals surface area contributed by atoms with Crippen molar-refractivity contribution in [2.75, 3.05) is 0 Å². The zero-order chi connectivity index (χ0) is 15.7. The van der Waals surface area contributed by atoms with E-state index in [4.69, 9.17) is 11.6 Å².